The summed E-state index contributed by atoms with van der Waals surface area (Å²) in [5.74, 6) is 2.05. The molecule has 0 saturated heterocycles. The average molecular weight is 369 g/mol. The summed E-state index contributed by atoms with van der Waals surface area (Å²) in [6, 6.07) is 12.0. The predicted molar refractivity (Wildman–Crippen MR) is 97.3 cm³/mol. The van der Waals surface area contributed by atoms with Gasteiger partial charge < -0.3 is 24.1 Å². The maximum Gasteiger partial charge on any atom is 0.259 e. The third kappa shape index (κ3) is 4.35. The molecule has 0 atom stereocenters. The smallest absolute Gasteiger partial charge is 0.259 e. The molecule has 0 bridgehead atoms. The lowest BCUT2D eigenvalue weighted by Gasteiger charge is -2.12. The Balaban J connectivity index is 1.75. The number of nitrogens with zero attached hydrogens (tertiary/aromatic N) is 2. The Morgan fingerprint density at radius 1 is 1.07 bits per heavy atom. The second-order valence-corrected chi connectivity index (χ2v) is 5.54. The highest BCUT2D eigenvalue weighted by Gasteiger charge is 2.14. The molecule has 1 aromatic heterocycles. The largest absolute Gasteiger partial charge is 0.493 e. The lowest BCUT2D eigenvalue weighted by atomic mass is 10.1. The minimum absolute atomic E-state index is 0.0952. The van der Waals surface area contributed by atoms with Gasteiger partial charge in [-0.05, 0) is 24.3 Å². The molecule has 0 aliphatic rings. The number of carbonyl (C=O) groups excluding carboxylic acids is 1. The Kier molecular flexibility index (Phi) is 5.55. The Labute approximate surface area is 156 Å². The second kappa shape index (κ2) is 8.22. The SMILES string of the molecule is COc1ccc(NC(=O)c2ccccc2OCc2noc(C)n2)cc1OC. The van der Waals surface area contributed by atoms with Crippen LogP contribution in [0, 0.1) is 6.92 Å². The summed E-state index contributed by atoms with van der Waals surface area (Å²) in [6.07, 6.45) is 0. The normalized spacial score (nSPS) is 10.3. The van der Waals surface area contributed by atoms with E-state index < -0.39 is 0 Å². The van der Waals surface area contributed by atoms with E-state index in [0.29, 0.717) is 40.2 Å². The van der Waals surface area contributed by atoms with Crippen molar-refractivity contribution < 1.29 is 23.5 Å². The van der Waals surface area contributed by atoms with Gasteiger partial charge in [0.15, 0.2) is 18.1 Å². The molecule has 0 radical (unpaired) electrons. The molecule has 0 aliphatic carbocycles. The van der Waals surface area contributed by atoms with E-state index in [4.69, 9.17) is 18.7 Å². The van der Waals surface area contributed by atoms with Gasteiger partial charge in [-0.2, -0.15) is 4.98 Å². The van der Waals surface area contributed by atoms with Crippen LogP contribution in [-0.2, 0) is 6.61 Å². The van der Waals surface area contributed by atoms with Crippen LogP contribution in [0.15, 0.2) is 47.0 Å². The molecule has 2 aromatic carbocycles. The zero-order valence-corrected chi connectivity index (χ0v) is 15.2. The quantitative estimate of drug-likeness (QED) is 0.683. The number of rotatable bonds is 7. The molecule has 0 saturated carbocycles. The maximum atomic E-state index is 12.7. The summed E-state index contributed by atoms with van der Waals surface area (Å²) in [7, 11) is 3.08. The topological polar surface area (TPSA) is 95.7 Å². The van der Waals surface area contributed by atoms with Crippen molar-refractivity contribution in [2.24, 2.45) is 0 Å². The van der Waals surface area contributed by atoms with Gasteiger partial charge in [-0.15, -0.1) is 0 Å². The van der Waals surface area contributed by atoms with Gasteiger partial charge in [0.25, 0.3) is 5.91 Å². The highest BCUT2D eigenvalue weighted by molar-refractivity contribution is 6.06. The van der Waals surface area contributed by atoms with Crippen molar-refractivity contribution in [2.45, 2.75) is 13.5 Å². The second-order valence-electron chi connectivity index (χ2n) is 5.54. The number of ether oxygens (including phenoxy) is 3. The third-order valence-electron chi connectivity index (χ3n) is 3.70. The number of anilines is 1. The van der Waals surface area contributed by atoms with E-state index >= 15 is 0 Å². The minimum atomic E-state index is -0.317. The van der Waals surface area contributed by atoms with E-state index in [1.54, 1.807) is 56.5 Å². The molecule has 0 fully saturated rings. The van der Waals surface area contributed by atoms with Gasteiger partial charge in [-0.25, -0.2) is 0 Å². The monoisotopic (exact) mass is 369 g/mol. The minimum Gasteiger partial charge on any atom is -0.493 e. The number of hydrogen-bond donors (Lipinski definition) is 1. The first-order chi connectivity index (χ1) is 13.1. The van der Waals surface area contributed by atoms with Crippen molar-refractivity contribution >= 4 is 11.6 Å². The number of amides is 1. The molecule has 140 valence electrons. The van der Waals surface area contributed by atoms with Crippen LogP contribution in [0.5, 0.6) is 17.2 Å². The van der Waals surface area contributed by atoms with Crippen molar-refractivity contribution in [2.75, 3.05) is 19.5 Å². The fourth-order valence-electron chi connectivity index (χ4n) is 2.43. The number of hydrogen-bond acceptors (Lipinski definition) is 7. The van der Waals surface area contributed by atoms with Gasteiger partial charge >= 0.3 is 0 Å². The van der Waals surface area contributed by atoms with Crippen LogP contribution in [-0.4, -0.2) is 30.3 Å². The first-order valence-electron chi connectivity index (χ1n) is 8.15. The lowest BCUT2D eigenvalue weighted by molar-refractivity contribution is 0.102. The summed E-state index contributed by atoms with van der Waals surface area (Å²) >= 11 is 0. The highest BCUT2D eigenvalue weighted by Crippen LogP contribution is 2.30. The van der Waals surface area contributed by atoms with Gasteiger partial charge in [0.1, 0.15) is 5.75 Å². The van der Waals surface area contributed by atoms with Crippen molar-refractivity contribution in [3.05, 3.63) is 59.7 Å². The highest BCUT2D eigenvalue weighted by atomic mass is 16.5. The molecule has 3 aromatic rings. The van der Waals surface area contributed by atoms with Crippen LogP contribution < -0.4 is 19.5 Å². The van der Waals surface area contributed by atoms with E-state index in [2.05, 4.69) is 15.5 Å². The van der Waals surface area contributed by atoms with Crippen LogP contribution in [0.25, 0.3) is 0 Å². The van der Waals surface area contributed by atoms with Crippen molar-refractivity contribution in [1.82, 2.24) is 10.1 Å². The molecule has 1 heterocycles. The van der Waals surface area contributed by atoms with Crippen LogP contribution >= 0.6 is 0 Å². The molecule has 27 heavy (non-hydrogen) atoms. The first kappa shape index (κ1) is 18.2. The van der Waals surface area contributed by atoms with Crippen molar-refractivity contribution in [3.63, 3.8) is 0 Å². The van der Waals surface area contributed by atoms with Gasteiger partial charge in [0.05, 0.1) is 19.8 Å². The predicted octanol–water partition coefficient (Wildman–Crippen LogP) is 3.23. The molecule has 1 N–H and O–H groups in total. The molecule has 3 rings (SSSR count). The molecule has 8 nitrogen and oxygen atoms in total. The fraction of sp³-hybridized carbons (Fsp3) is 0.211. The van der Waals surface area contributed by atoms with E-state index in [-0.39, 0.29) is 12.5 Å². The number of benzene rings is 2. The summed E-state index contributed by atoms with van der Waals surface area (Å²) in [5.41, 5.74) is 0.953. The fourth-order valence-corrected chi connectivity index (χ4v) is 2.43. The summed E-state index contributed by atoms with van der Waals surface area (Å²) in [4.78, 5) is 16.8. The van der Waals surface area contributed by atoms with Crippen LogP contribution in [0.2, 0.25) is 0 Å². The number of nitrogens with one attached hydrogen (secondary N) is 1. The Bertz CT molecular complexity index is 939. The van der Waals surface area contributed by atoms with E-state index in [0.717, 1.165) is 0 Å². The van der Waals surface area contributed by atoms with Gasteiger partial charge in [-0.1, -0.05) is 17.3 Å². The zero-order chi connectivity index (χ0) is 19.2. The molecule has 1 amide bonds. The molecule has 0 aliphatic heterocycles. The molecular formula is C19H19N3O5. The van der Waals surface area contributed by atoms with Crippen LogP contribution in [0.4, 0.5) is 5.69 Å². The molecule has 0 spiro atoms. The number of para-hydroxylation sites is 1. The Morgan fingerprint density at radius 2 is 1.85 bits per heavy atom. The summed E-state index contributed by atoms with van der Waals surface area (Å²) in [6.45, 7) is 1.79. The zero-order valence-electron chi connectivity index (χ0n) is 15.2. The summed E-state index contributed by atoms with van der Waals surface area (Å²) < 4.78 is 21.0. The first-order valence-corrected chi connectivity index (χ1v) is 8.15. The molecule has 8 heteroatoms. The molecule has 0 unspecified atom stereocenters. The van der Waals surface area contributed by atoms with Gasteiger partial charge in [-0.3, -0.25) is 4.79 Å². The van der Waals surface area contributed by atoms with Crippen LogP contribution in [0.3, 0.4) is 0 Å². The van der Waals surface area contributed by atoms with Crippen molar-refractivity contribution in [1.29, 1.82) is 0 Å². The average Bonchev–Trinajstić information content (AvgIpc) is 3.11. The number of aryl methyl sites for hydroxylation is 1. The van der Waals surface area contributed by atoms with Crippen LogP contribution in [0.1, 0.15) is 22.1 Å². The Hall–Kier alpha value is -3.55. The third-order valence-corrected chi connectivity index (χ3v) is 3.70. The lowest BCUT2D eigenvalue weighted by Crippen LogP contribution is -2.14. The number of methoxy groups -OCH3 is 2. The van der Waals surface area contributed by atoms with Gasteiger partial charge in [0.2, 0.25) is 11.7 Å². The molecular weight excluding hydrogens is 350 g/mol. The standard InChI is InChI=1S/C19H19N3O5/c1-12-20-18(22-27-12)11-26-15-7-5-4-6-14(15)19(23)21-13-8-9-16(24-2)17(10-13)25-3/h4-10H,11H2,1-3H3,(H,21,23). The maximum absolute atomic E-state index is 12.7. The number of carbonyl (C=O) groups is 1. The van der Waals surface area contributed by atoms with E-state index in [9.17, 15) is 4.79 Å². The Morgan fingerprint density at radius 3 is 2.56 bits per heavy atom. The summed E-state index contributed by atoms with van der Waals surface area (Å²) in [5, 5.41) is 6.59. The number of aromatic nitrogens is 2. The van der Waals surface area contributed by atoms with E-state index in [1.165, 1.54) is 7.11 Å². The van der Waals surface area contributed by atoms with E-state index in [1.807, 2.05) is 0 Å². The van der Waals surface area contributed by atoms with Gasteiger partial charge in [0, 0.05) is 18.7 Å². The van der Waals surface area contributed by atoms with Crippen molar-refractivity contribution in [3.8, 4) is 17.2 Å².